The number of benzene rings is 3. The number of sulfonamides is 1. The van der Waals surface area contributed by atoms with Crippen LogP contribution in [0, 0.1) is 0 Å². The maximum absolute atomic E-state index is 13.3. The number of hydrogen-bond donors (Lipinski definition) is 1. The summed E-state index contributed by atoms with van der Waals surface area (Å²) in [6, 6.07) is 17.8. The van der Waals surface area contributed by atoms with Gasteiger partial charge in [0.15, 0.2) is 0 Å². The van der Waals surface area contributed by atoms with Crippen LogP contribution >= 0.6 is 0 Å². The molecule has 10 heteroatoms. The maximum Gasteiger partial charge on any atom is 0.416 e. The van der Waals surface area contributed by atoms with Gasteiger partial charge in [-0.25, -0.2) is 8.42 Å². The zero-order valence-corrected chi connectivity index (χ0v) is 18.4. The van der Waals surface area contributed by atoms with Gasteiger partial charge in [-0.1, -0.05) is 24.3 Å². The van der Waals surface area contributed by atoms with E-state index in [-0.39, 0.29) is 16.3 Å². The Morgan fingerprint density at radius 1 is 0.970 bits per heavy atom. The third-order valence-electron chi connectivity index (χ3n) is 4.53. The lowest BCUT2D eigenvalue weighted by atomic mass is 10.2. The fraction of sp³-hybridized carbons (Fsp3) is 0.174. The molecule has 1 amide bonds. The minimum Gasteiger partial charge on any atom is -0.494 e. The highest BCUT2D eigenvalue weighted by Crippen LogP contribution is 2.31. The standard InChI is InChI=1S/C23H21F3N2O4S/c1-2-32-20-11-13-21(14-12-20)33(30,31)28(19-9-4-3-5-10-19)16-22(29)27-18-8-6-7-17(15-18)23(24,25)26/h3-15H,2,16H2,1H3,(H,27,29). The number of alkyl halides is 3. The lowest BCUT2D eigenvalue weighted by molar-refractivity contribution is -0.137. The highest BCUT2D eigenvalue weighted by Gasteiger charge is 2.31. The molecule has 0 radical (unpaired) electrons. The van der Waals surface area contributed by atoms with Gasteiger partial charge < -0.3 is 10.1 Å². The van der Waals surface area contributed by atoms with Gasteiger partial charge in [0.1, 0.15) is 12.3 Å². The molecule has 0 spiro atoms. The average Bonchev–Trinajstić information content (AvgIpc) is 2.78. The van der Waals surface area contributed by atoms with Gasteiger partial charge in [0.05, 0.1) is 22.8 Å². The van der Waals surface area contributed by atoms with Crippen molar-refractivity contribution in [3.63, 3.8) is 0 Å². The van der Waals surface area contributed by atoms with Gasteiger partial charge in [-0.05, 0) is 61.5 Å². The molecule has 0 aliphatic rings. The molecule has 33 heavy (non-hydrogen) atoms. The Morgan fingerprint density at radius 3 is 2.24 bits per heavy atom. The van der Waals surface area contributed by atoms with E-state index in [1.165, 1.54) is 42.5 Å². The van der Waals surface area contributed by atoms with Crippen molar-refractivity contribution in [2.75, 3.05) is 22.8 Å². The first-order valence-electron chi connectivity index (χ1n) is 9.89. The number of nitrogens with one attached hydrogen (secondary N) is 1. The van der Waals surface area contributed by atoms with Crippen LogP contribution in [0.5, 0.6) is 5.75 Å². The third-order valence-corrected chi connectivity index (χ3v) is 6.32. The minimum atomic E-state index is -4.58. The largest absolute Gasteiger partial charge is 0.494 e. The summed E-state index contributed by atoms with van der Waals surface area (Å²) in [5.74, 6) is -0.308. The number of anilines is 2. The Hall–Kier alpha value is -3.53. The molecule has 0 atom stereocenters. The van der Waals surface area contributed by atoms with Crippen molar-refractivity contribution < 1.29 is 31.1 Å². The molecule has 0 bridgehead atoms. The molecule has 0 saturated carbocycles. The summed E-state index contributed by atoms with van der Waals surface area (Å²) < 4.78 is 71.7. The average molecular weight is 478 g/mol. The zero-order chi connectivity index (χ0) is 24.1. The van der Waals surface area contributed by atoms with Crippen molar-refractivity contribution in [2.45, 2.75) is 18.0 Å². The summed E-state index contributed by atoms with van der Waals surface area (Å²) in [4.78, 5) is 12.6. The first-order chi connectivity index (χ1) is 15.6. The summed E-state index contributed by atoms with van der Waals surface area (Å²) in [6.07, 6.45) is -4.58. The lowest BCUT2D eigenvalue weighted by Crippen LogP contribution is -2.38. The van der Waals surface area contributed by atoms with Crippen LogP contribution in [0.25, 0.3) is 0 Å². The van der Waals surface area contributed by atoms with E-state index < -0.39 is 34.2 Å². The van der Waals surface area contributed by atoms with Gasteiger partial charge in [-0.15, -0.1) is 0 Å². The molecular formula is C23H21F3N2O4S. The van der Waals surface area contributed by atoms with Crippen LogP contribution in [0.2, 0.25) is 0 Å². The number of carbonyl (C=O) groups is 1. The molecule has 3 aromatic carbocycles. The molecule has 0 heterocycles. The molecule has 0 aromatic heterocycles. The second-order valence-electron chi connectivity index (χ2n) is 6.88. The monoisotopic (exact) mass is 478 g/mol. The summed E-state index contributed by atoms with van der Waals surface area (Å²) in [6.45, 7) is 1.57. The number of ether oxygens (including phenoxy) is 1. The van der Waals surface area contributed by atoms with Gasteiger partial charge in [-0.2, -0.15) is 13.2 Å². The van der Waals surface area contributed by atoms with E-state index in [9.17, 15) is 26.4 Å². The number of amides is 1. The lowest BCUT2D eigenvalue weighted by Gasteiger charge is -2.24. The van der Waals surface area contributed by atoms with Crippen molar-refractivity contribution in [3.8, 4) is 5.75 Å². The van der Waals surface area contributed by atoms with Gasteiger partial charge in [0.25, 0.3) is 10.0 Å². The predicted octanol–water partition coefficient (Wildman–Crippen LogP) is 4.94. The Bertz CT molecular complexity index is 1200. The highest BCUT2D eigenvalue weighted by atomic mass is 32.2. The van der Waals surface area contributed by atoms with Crippen LogP contribution < -0.4 is 14.4 Å². The number of para-hydroxylation sites is 1. The minimum absolute atomic E-state index is 0.0679. The zero-order valence-electron chi connectivity index (χ0n) is 17.5. The summed E-state index contributed by atoms with van der Waals surface area (Å²) >= 11 is 0. The van der Waals surface area contributed by atoms with Crippen LogP contribution in [0.1, 0.15) is 12.5 Å². The second kappa shape index (κ2) is 9.95. The fourth-order valence-corrected chi connectivity index (χ4v) is 4.44. The predicted molar refractivity (Wildman–Crippen MR) is 119 cm³/mol. The SMILES string of the molecule is CCOc1ccc(S(=O)(=O)N(CC(=O)Nc2cccc(C(F)(F)F)c2)c2ccccc2)cc1. The normalized spacial score (nSPS) is 11.6. The Labute approximate surface area is 189 Å². The van der Waals surface area contributed by atoms with Crippen LogP contribution in [0.3, 0.4) is 0 Å². The van der Waals surface area contributed by atoms with Crippen LogP contribution in [0.4, 0.5) is 24.5 Å². The van der Waals surface area contributed by atoms with Gasteiger partial charge in [0.2, 0.25) is 5.91 Å². The topological polar surface area (TPSA) is 75.7 Å². The molecular weight excluding hydrogens is 457 g/mol. The van der Waals surface area contributed by atoms with E-state index in [2.05, 4.69) is 5.32 Å². The number of rotatable bonds is 8. The maximum atomic E-state index is 13.3. The Kier molecular flexibility index (Phi) is 7.27. The molecule has 0 unspecified atom stereocenters. The van der Waals surface area contributed by atoms with Crippen LogP contribution in [-0.4, -0.2) is 27.5 Å². The van der Waals surface area contributed by atoms with Gasteiger partial charge in [0, 0.05) is 5.69 Å². The van der Waals surface area contributed by atoms with E-state index in [0.29, 0.717) is 12.4 Å². The molecule has 174 valence electrons. The molecule has 6 nitrogen and oxygen atoms in total. The highest BCUT2D eigenvalue weighted by molar-refractivity contribution is 7.92. The second-order valence-corrected chi connectivity index (χ2v) is 8.74. The third kappa shape index (κ3) is 6.04. The quantitative estimate of drug-likeness (QED) is 0.498. The number of halogens is 3. The number of carbonyl (C=O) groups excluding carboxylic acids is 1. The Morgan fingerprint density at radius 2 is 1.64 bits per heavy atom. The molecule has 0 fully saturated rings. The first-order valence-corrected chi connectivity index (χ1v) is 11.3. The van der Waals surface area contributed by atoms with Crippen LogP contribution in [0.15, 0.2) is 83.8 Å². The van der Waals surface area contributed by atoms with E-state index in [1.54, 1.807) is 25.1 Å². The molecule has 0 aliphatic heterocycles. The first kappa shape index (κ1) is 24.1. The van der Waals surface area contributed by atoms with E-state index in [1.807, 2.05) is 0 Å². The molecule has 1 N–H and O–H groups in total. The van der Waals surface area contributed by atoms with E-state index >= 15 is 0 Å². The van der Waals surface area contributed by atoms with Gasteiger partial charge >= 0.3 is 6.18 Å². The smallest absolute Gasteiger partial charge is 0.416 e. The Balaban J connectivity index is 1.88. The van der Waals surface area contributed by atoms with Crippen molar-refractivity contribution >= 4 is 27.3 Å². The summed E-state index contributed by atoms with van der Waals surface area (Å²) in [7, 11) is -4.17. The number of hydrogen-bond acceptors (Lipinski definition) is 4. The van der Waals surface area contributed by atoms with Gasteiger partial charge in [-0.3, -0.25) is 9.10 Å². The van der Waals surface area contributed by atoms with Crippen molar-refractivity contribution in [2.24, 2.45) is 0 Å². The van der Waals surface area contributed by atoms with E-state index in [4.69, 9.17) is 4.74 Å². The van der Waals surface area contributed by atoms with Crippen molar-refractivity contribution in [1.29, 1.82) is 0 Å². The van der Waals surface area contributed by atoms with Crippen LogP contribution in [-0.2, 0) is 21.0 Å². The summed E-state index contributed by atoms with van der Waals surface area (Å²) in [5.41, 5.74) is -0.797. The van der Waals surface area contributed by atoms with Crippen molar-refractivity contribution in [3.05, 3.63) is 84.4 Å². The molecule has 3 aromatic rings. The molecule has 0 saturated heterocycles. The summed E-state index contributed by atoms with van der Waals surface area (Å²) in [5, 5.41) is 2.34. The van der Waals surface area contributed by atoms with Crippen molar-refractivity contribution in [1.82, 2.24) is 0 Å². The number of nitrogens with zero attached hydrogens (tertiary/aromatic N) is 1. The fourth-order valence-electron chi connectivity index (χ4n) is 3.02. The molecule has 0 aliphatic carbocycles. The molecule has 3 rings (SSSR count). The van der Waals surface area contributed by atoms with E-state index in [0.717, 1.165) is 22.5 Å².